The van der Waals surface area contributed by atoms with Crippen LogP contribution in [0.2, 0.25) is 0 Å². The van der Waals surface area contributed by atoms with Gasteiger partial charge in [0.2, 0.25) is 0 Å². The van der Waals surface area contributed by atoms with Crippen LogP contribution in [0.15, 0.2) is 18.3 Å². The fraction of sp³-hybridized carbons (Fsp3) is 0.500. The Morgan fingerprint density at radius 3 is 3.21 bits per heavy atom. The van der Waals surface area contributed by atoms with E-state index in [0.29, 0.717) is 6.04 Å². The molecule has 1 aliphatic heterocycles. The minimum atomic E-state index is 0.533. The van der Waals surface area contributed by atoms with Crippen molar-refractivity contribution in [2.75, 3.05) is 22.6 Å². The normalized spacial score (nSPS) is 21.9. The molecule has 0 saturated carbocycles. The smallest absolute Gasteiger partial charge is 0.149 e. The summed E-state index contributed by atoms with van der Waals surface area (Å²) in [5.74, 6) is 3.28. The van der Waals surface area contributed by atoms with Gasteiger partial charge in [0.1, 0.15) is 5.82 Å². The van der Waals surface area contributed by atoms with Crippen molar-refractivity contribution in [1.82, 2.24) is 4.98 Å². The molecular weight excluding hydrogens is 194 g/mol. The average molecular weight is 209 g/mol. The first kappa shape index (κ1) is 9.65. The van der Waals surface area contributed by atoms with E-state index in [2.05, 4.69) is 10.3 Å². The number of aromatic nitrogens is 1. The molecule has 1 aromatic heterocycles. The maximum atomic E-state index is 5.81. The molecular formula is C10H15N3S. The first-order valence-corrected chi connectivity index (χ1v) is 6.06. The number of nitrogens with two attached hydrogens (primary N) is 1. The number of thioether (sulfide) groups is 1. The molecule has 4 heteroatoms. The van der Waals surface area contributed by atoms with Crippen molar-refractivity contribution in [2.24, 2.45) is 0 Å². The predicted octanol–water partition coefficient (Wildman–Crippen LogP) is 1.97. The van der Waals surface area contributed by atoms with E-state index in [1.54, 1.807) is 6.20 Å². The second-order valence-corrected chi connectivity index (χ2v) is 4.65. The zero-order chi connectivity index (χ0) is 9.80. The van der Waals surface area contributed by atoms with Gasteiger partial charge < -0.3 is 11.1 Å². The van der Waals surface area contributed by atoms with Crippen molar-refractivity contribution in [1.29, 1.82) is 0 Å². The molecule has 1 fully saturated rings. The van der Waals surface area contributed by atoms with Crippen LogP contribution in [0.3, 0.4) is 0 Å². The Bertz CT molecular complexity index is 297. The monoisotopic (exact) mass is 209 g/mol. The van der Waals surface area contributed by atoms with E-state index in [1.807, 2.05) is 23.9 Å². The molecule has 0 amide bonds. The summed E-state index contributed by atoms with van der Waals surface area (Å²) in [7, 11) is 0. The standard InChI is InChI=1S/C10H15N3S/c11-9-4-1-5-12-10(9)13-8-3-2-6-14-7-8/h1,4-5,8H,2-3,6-7,11H2,(H,12,13). The molecule has 0 aromatic carbocycles. The molecule has 1 aromatic rings. The number of nitrogen functional groups attached to an aromatic ring is 1. The molecule has 3 nitrogen and oxygen atoms in total. The number of hydrogen-bond acceptors (Lipinski definition) is 4. The second kappa shape index (κ2) is 4.55. The highest BCUT2D eigenvalue weighted by atomic mass is 32.2. The largest absolute Gasteiger partial charge is 0.396 e. The van der Waals surface area contributed by atoms with Gasteiger partial charge in [0.25, 0.3) is 0 Å². The molecule has 1 atom stereocenters. The Hall–Kier alpha value is -0.900. The lowest BCUT2D eigenvalue weighted by Gasteiger charge is -2.23. The van der Waals surface area contributed by atoms with Crippen molar-refractivity contribution in [3.8, 4) is 0 Å². The fourth-order valence-corrected chi connectivity index (χ4v) is 2.66. The zero-order valence-corrected chi connectivity index (χ0v) is 8.89. The van der Waals surface area contributed by atoms with Gasteiger partial charge in [-0.1, -0.05) is 0 Å². The second-order valence-electron chi connectivity index (χ2n) is 3.50. The van der Waals surface area contributed by atoms with Crippen LogP contribution in [-0.4, -0.2) is 22.5 Å². The van der Waals surface area contributed by atoms with Crippen LogP contribution < -0.4 is 11.1 Å². The highest BCUT2D eigenvalue weighted by molar-refractivity contribution is 7.99. The van der Waals surface area contributed by atoms with E-state index >= 15 is 0 Å². The summed E-state index contributed by atoms with van der Waals surface area (Å²) in [6.07, 6.45) is 4.28. The Balaban J connectivity index is 1.99. The molecule has 0 bridgehead atoms. The molecule has 1 unspecified atom stereocenters. The molecule has 76 valence electrons. The van der Waals surface area contributed by atoms with Crippen LogP contribution in [-0.2, 0) is 0 Å². The molecule has 2 rings (SSSR count). The van der Waals surface area contributed by atoms with E-state index in [1.165, 1.54) is 18.6 Å². The Morgan fingerprint density at radius 1 is 1.57 bits per heavy atom. The Kier molecular flexibility index (Phi) is 3.14. The van der Waals surface area contributed by atoms with Crippen molar-refractivity contribution < 1.29 is 0 Å². The molecule has 1 aliphatic rings. The lowest BCUT2D eigenvalue weighted by atomic mass is 10.2. The van der Waals surface area contributed by atoms with Gasteiger partial charge in [0, 0.05) is 18.0 Å². The third-order valence-corrected chi connectivity index (χ3v) is 3.56. The highest BCUT2D eigenvalue weighted by Gasteiger charge is 2.14. The summed E-state index contributed by atoms with van der Waals surface area (Å²) in [5.41, 5.74) is 6.54. The van der Waals surface area contributed by atoms with Crippen molar-refractivity contribution in [2.45, 2.75) is 18.9 Å². The number of hydrogen-bond donors (Lipinski definition) is 2. The fourth-order valence-electron chi connectivity index (χ4n) is 1.59. The molecule has 0 aliphatic carbocycles. The van der Waals surface area contributed by atoms with Crippen LogP contribution >= 0.6 is 11.8 Å². The van der Waals surface area contributed by atoms with Gasteiger partial charge in [-0.05, 0) is 30.7 Å². The van der Waals surface area contributed by atoms with E-state index in [4.69, 9.17) is 5.73 Å². The first-order valence-electron chi connectivity index (χ1n) is 4.91. The van der Waals surface area contributed by atoms with Gasteiger partial charge in [0.05, 0.1) is 5.69 Å². The number of anilines is 2. The first-order chi connectivity index (χ1) is 6.86. The summed E-state index contributed by atoms with van der Waals surface area (Å²) in [4.78, 5) is 4.23. The van der Waals surface area contributed by atoms with Crippen LogP contribution in [0, 0.1) is 0 Å². The number of nitrogens with zero attached hydrogens (tertiary/aromatic N) is 1. The summed E-state index contributed by atoms with van der Waals surface area (Å²) >= 11 is 2.00. The quantitative estimate of drug-likeness (QED) is 0.782. The Morgan fingerprint density at radius 2 is 2.50 bits per heavy atom. The maximum Gasteiger partial charge on any atom is 0.149 e. The highest BCUT2D eigenvalue weighted by Crippen LogP contribution is 2.22. The number of pyridine rings is 1. The van der Waals surface area contributed by atoms with Crippen molar-refractivity contribution >= 4 is 23.3 Å². The topological polar surface area (TPSA) is 50.9 Å². The molecule has 1 saturated heterocycles. The van der Waals surface area contributed by atoms with Gasteiger partial charge in [-0.25, -0.2) is 4.98 Å². The zero-order valence-electron chi connectivity index (χ0n) is 8.07. The third kappa shape index (κ3) is 2.32. The predicted molar refractivity (Wildman–Crippen MR) is 62.6 cm³/mol. The third-order valence-electron chi connectivity index (χ3n) is 2.34. The summed E-state index contributed by atoms with van der Waals surface area (Å²) in [6.45, 7) is 0. The maximum absolute atomic E-state index is 5.81. The van der Waals surface area contributed by atoms with Gasteiger partial charge in [-0.3, -0.25) is 0 Å². The lowest BCUT2D eigenvalue weighted by Crippen LogP contribution is -2.26. The Labute approximate surface area is 88.5 Å². The van der Waals surface area contributed by atoms with Gasteiger partial charge >= 0.3 is 0 Å². The minimum absolute atomic E-state index is 0.533. The van der Waals surface area contributed by atoms with Crippen LogP contribution in [0.1, 0.15) is 12.8 Å². The molecule has 0 spiro atoms. The minimum Gasteiger partial charge on any atom is -0.396 e. The van der Waals surface area contributed by atoms with Crippen molar-refractivity contribution in [3.63, 3.8) is 0 Å². The molecule has 0 radical (unpaired) electrons. The van der Waals surface area contributed by atoms with Crippen LogP contribution in [0.25, 0.3) is 0 Å². The van der Waals surface area contributed by atoms with Gasteiger partial charge in [-0.15, -0.1) is 0 Å². The van der Waals surface area contributed by atoms with E-state index in [9.17, 15) is 0 Å². The molecule has 2 heterocycles. The summed E-state index contributed by atoms with van der Waals surface area (Å²) in [6, 6.07) is 4.27. The van der Waals surface area contributed by atoms with E-state index in [-0.39, 0.29) is 0 Å². The van der Waals surface area contributed by atoms with Gasteiger partial charge in [-0.2, -0.15) is 11.8 Å². The van der Waals surface area contributed by atoms with Gasteiger partial charge in [0.15, 0.2) is 0 Å². The average Bonchev–Trinajstić information content (AvgIpc) is 2.23. The summed E-state index contributed by atoms with van der Waals surface area (Å²) in [5, 5.41) is 3.39. The van der Waals surface area contributed by atoms with Crippen LogP contribution in [0.5, 0.6) is 0 Å². The number of rotatable bonds is 2. The lowest BCUT2D eigenvalue weighted by molar-refractivity contribution is 0.683. The van der Waals surface area contributed by atoms with E-state index in [0.717, 1.165) is 17.3 Å². The number of nitrogens with one attached hydrogen (secondary N) is 1. The van der Waals surface area contributed by atoms with Crippen LogP contribution in [0.4, 0.5) is 11.5 Å². The van der Waals surface area contributed by atoms with Crippen molar-refractivity contribution in [3.05, 3.63) is 18.3 Å². The SMILES string of the molecule is Nc1cccnc1NC1CCCSC1. The van der Waals surface area contributed by atoms with E-state index < -0.39 is 0 Å². The summed E-state index contributed by atoms with van der Waals surface area (Å²) < 4.78 is 0. The molecule has 3 N–H and O–H groups in total. The molecule has 14 heavy (non-hydrogen) atoms.